The van der Waals surface area contributed by atoms with Gasteiger partial charge in [-0.15, -0.1) is 0 Å². The number of amides is 3. The second-order valence-corrected chi connectivity index (χ2v) is 14.0. The van der Waals surface area contributed by atoms with Crippen LogP contribution in [0.3, 0.4) is 0 Å². The van der Waals surface area contributed by atoms with E-state index >= 15 is 0 Å². The van der Waals surface area contributed by atoms with Gasteiger partial charge in [-0.25, -0.2) is 0 Å². The van der Waals surface area contributed by atoms with E-state index in [0.717, 1.165) is 28.8 Å². The third kappa shape index (κ3) is 8.13. The molecule has 0 fully saturated rings. The zero-order valence-corrected chi connectivity index (χ0v) is 28.1. The highest BCUT2D eigenvalue weighted by molar-refractivity contribution is 6.08. The van der Waals surface area contributed by atoms with Crippen molar-refractivity contribution in [2.45, 2.75) is 111 Å². The molecule has 2 aliphatic heterocycles. The topological polar surface area (TPSA) is 96.0 Å². The van der Waals surface area contributed by atoms with Gasteiger partial charge in [0, 0.05) is 19.5 Å². The Labute approximate surface area is 268 Å². The Hall–Kier alpha value is -3.68. The van der Waals surface area contributed by atoms with Crippen molar-refractivity contribution in [2.24, 2.45) is 17.8 Å². The highest BCUT2D eigenvalue weighted by Crippen LogP contribution is 2.40. The average molecular weight is 618 g/mol. The molecule has 0 spiro atoms. The van der Waals surface area contributed by atoms with Gasteiger partial charge in [-0.1, -0.05) is 75.7 Å². The number of rotatable bonds is 12. The second-order valence-electron chi connectivity index (χ2n) is 14.0. The number of nitrogens with one attached hydrogen (secondary N) is 1. The summed E-state index contributed by atoms with van der Waals surface area (Å²) >= 11 is 0. The molecule has 8 heteroatoms. The van der Waals surface area contributed by atoms with Crippen molar-refractivity contribution in [1.29, 1.82) is 0 Å². The lowest BCUT2D eigenvalue weighted by atomic mass is 9.81. The van der Waals surface area contributed by atoms with Gasteiger partial charge >= 0.3 is 5.97 Å². The first-order chi connectivity index (χ1) is 21.3. The molecule has 1 N–H and O–H groups in total. The number of carbonyl (C=O) groups is 4. The van der Waals surface area contributed by atoms with Gasteiger partial charge in [-0.05, 0) is 76.0 Å². The summed E-state index contributed by atoms with van der Waals surface area (Å²) in [5.41, 5.74) is 3.15. The Kier molecular flexibility index (Phi) is 11.1. The van der Waals surface area contributed by atoms with E-state index < -0.39 is 29.5 Å². The number of hydrogen-bond acceptors (Lipinski definition) is 5. The van der Waals surface area contributed by atoms with Crippen LogP contribution < -0.4 is 10.2 Å². The molecule has 2 aromatic carbocycles. The molecule has 2 aliphatic rings. The molecule has 4 atom stereocenters. The van der Waals surface area contributed by atoms with Crippen molar-refractivity contribution in [3.63, 3.8) is 0 Å². The van der Waals surface area contributed by atoms with E-state index in [9.17, 15) is 19.2 Å². The Morgan fingerprint density at radius 1 is 1.00 bits per heavy atom. The minimum Gasteiger partial charge on any atom is -0.460 e. The molecule has 45 heavy (non-hydrogen) atoms. The summed E-state index contributed by atoms with van der Waals surface area (Å²) in [7, 11) is 0. The van der Waals surface area contributed by atoms with Crippen LogP contribution in [0.5, 0.6) is 0 Å². The molecule has 0 aliphatic carbocycles. The smallest absolute Gasteiger partial charge is 0.310 e. The number of esters is 1. The number of hydrogen-bond donors (Lipinski definition) is 1. The van der Waals surface area contributed by atoms with E-state index in [2.05, 4.69) is 5.32 Å². The van der Waals surface area contributed by atoms with Crippen molar-refractivity contribution in [3.05, 3.63) is 65.2 Å². The average Bonchev–Trinajstić information content (AvgIpc) is 3.32. The molecule has 0 saturated heterocycles. The van der Waals surface area contributed by atoms with Gasteiger partial charge in [-0.2, -0.15) is 0 Å². The maximum atomic E-state index is 14.4. The molecule has 4 rings (SSSR count). The summed E-state index contributed by atoms with van der Waals surface area (Å²) in [6.45, 7) is 14.5. The fourth-order valence-electron chi connectivity index (χ4n) is 6.74. The van der Waals surface area contributed by atoms with Gasteiger partial charge in [0.25, 0.3) is 0 Å². The molecule has 0 aromatic heterocycles. The van der Waals surface area contributed by atoms with Gasteiger partial charge in [0.2, 0.25) is 17.7 Å². The first-order valence-electron chi connectivity index (χ1n) is 16.6. The Bertz CT molecular complexity index is 1370. The van der Waals surface area contributed by atoms with Gasteiger partial charge in [0.15, 0.2) is 0 Å². The van der Waals surface area contributed by atoms with Crippen LogP contribution in [-0.2, 0) is 43.3 Å². The summed E-state index contributed by atoms with van der Waals surface area (Å²) in [6, 6.07) is 14.3. The first kappa shape index (κ1) is 34.2. The monoisotopic (exact) mass is 617 g/mol. The summed E-state index contributed by atoms with van der Waals surface area (Å²) in [5, 5.41) is 3.07. The predicted octanol–water partition coefficient (Wildman–Crippen LogP) is 5.84. The van der Waals surface area contributed by atoms with Crippen LogP contribution in [0.25, 0.3) is 0 Å². The number of nitrogens with zero attached hydrogens (tertiary/aromatic N) is 2. The maximum Gasteiger partial charge on any atom is 0.310 e. The lowest BCUT2D eigenvalue weighted by Gasteiger charge is -2.33. The number of ether oxygens (including phenoxy) is 1. The lowest BCUT2D eigenvalue weighted by Crippen LogP contribution is -2.56. The zero-order valence-electron chi connectivity index (χ0n) is 28.1. The molecule has 8 nitrogen and oxygen atoms in total. The molecule has 2 aromatic rings. The van der Waals surface area contributed by atoms with E-state index in [1.165, 1.54) is 0 Å². The normalized spacial score (nSPS) is 19.0. The van der Waals surface area contributed by atoms with Crippen LogP contribution in [0.15, 0.2) is 48.5 Å². The predicted molar refractivity (Wildman–Crippen MR) is 176 cm³/mol. The Morgan fingerprint density at radius 2 is 1.69 bits per heavy atom. The molecule has 3 amide bonds. The standard InChI is InChI=1S/C37H51N3O5/c1-8-14-28(36(44)45-37(5,6)7)29(21-24(3)4)33(41)38-30-20-19-26-17-13-18-27-22-31(40(32(26)27)34(30)42)35(43)39(9-2)23-25-15-11-10-12-16-25/h10-13,15-18,24,28-31H,8-9,14,19-23H2,1-7H3,(H,38,41)/t28-,29+,30-,31-/m0/s1. The molecular formula is C37H51N3O5. The molecule has 2 heterocycles. The zero-order chi connectivity index (χ0) is 32.9. The molecule has 0 bridgehead atoms. The van der Waals surface area contributed by atoms with Crippen LogP contribution in [0.4, 0.5) is 5.69 Å². The number of aryl methyl sites for hydroxylation is 1. The molecule has 0 unspecified atom stereocenters. The van der Waals surface area contributed by atoms with Gasteiger partial charge in [0.1, 0.15) is 17.7 Å². The molecule has 0 radical (unpaired) electrons. The third-order valence-electron chi connectivity index (χ3n) is 8.78. The van der Waals surface area contributed by atoms with Crippen molar-refractivity contribution in [1.82, 2.24) is 10.2 Å². The molecule has 0 saturated carbocycles. The lowest BCUT2D eigenvalue weighted by molar-refractivity contribution is -0.164. The first-order valence-corrected chi connectivity index (χ1v) is 16.6. The van der Waals surface area contributed by atoms with Crippen molar-refractivity contribution < 1.29 is 23.9 Å². The number of benzene rings is 2. The largest absolute Gasteiger partial charge is 0.460 e. The Balaban J connectivity index is 1.62. The van der Waals surface area contributed by atoms with Crippen molar-refractivity contribution in [3.8, 4) is 0 Å². The minimum atomic E-state index is -0.814. The van der Waals surface area contributed by atoms with E-state index in [0.29, 0.717) is 45.2 Å². The van der Waals surface area contributed by atoms with Crippen molar-refractivity contribution in [2.75, 3.05) is 11.4 Å². The minimum absolute atomic E-state index is 0.102. The van der Waals surface area contributed by atoms with Crippen LogP contribution in [0.2, 0.25) is 0 Å². The molecule has 244 valence electrons. The summed E-state index contributed by atoms with van der Waals surface area (Å²) in [5.74, 6) is -2.14. The van der Waals surface area contributed by atoms with Crippen LogP contribution in [0.1, 0.15) is 90.8 Å². The van der Waals surface area contributed by atoms with Gasteiger partial charge in [0.05, 0.1) is 17.5 Å². The van der Waals surface area contributed by atoms with Crippen LogP contribution >= 0.6 is 0 Å². The SMILES string of the molecule is CCC[C@H](C(=O)OC(C)(C)C)[C@@H](CC(C)C)C(=O)N[C@H]1CCc2cccc3c2N(C1=O)[C@H](C(=O)N(CC)Cc1ccccc1)C3. The highest BCUT2D eigenvalue weighted by Gasteiger charge is 2.46. The second kappa shape index (κ2) is 14.6. The number of likely N-dealkylation sites (N-methyl/N-ethyl adjacent to an activating group) is 1. The van der Waals surface area contributed by atoms with E-state index in [4.69, 9.17) is 4.74 Å². The summed E-state index contributed by atoms with van der Waals surface area (Å²) < 4.78 is 5.76. The fourth-order valence-corrected chi connectivity index (χ4v) is 6.74. The quantitative estimate of drug-likeness (QED) is 0.302. The summed E-state index contributed by atoms with van der Waals surface area (Å²) in [4.78, 5) is 59.4. The van der Waals surface area contributed by atoms with E-state index in [1.807, 2.05) is 97.0 Å². The molecular weight excluding hydrogens is 566 g/mol. The summed E-state index contributed by atoms with van der Waals surface area (Å²) in [6.07, 6.45) is 3.19. The number of carbonyl (C=O) groups excluding carboxylic acids is 4. The fraction of sp³-hybridized carbons (Fsp3) is 0.568. The highest BCUT2D eigenvalue weighted by atomic mass is 16.6. The van der Waals surface area contributed by atoms with Crippen molar-refractivity contribution >= 4 is 29.4 Å². The number of anilines is 1. The maximum absolute atomic E-state index is 14.4. The van der Waals surface area contributed by atoms with Crippen LogP contribution in [0, 0.1) is 17.8 Å². The van der Waals surface area contributed by atoms with Gasteiger partial charge < -0.3 is 15.0 Å². The van der Waals surface area contributed by atoms with E-state index in [1.54, 1.807) is 9.80 Å². The Morgan fingerprint density at radius 3 is 2.31 bits per heavy atom. The van der Waals surface area contributed by atoms with E-state index in [-0.39, 0.29) is 29.6 Å². The number of para-hydroxylation sites is 1. The van der Waals surface area contributed by atoms with Crippen LogP contribution in [-0.4, -0.2) is 52.8 Å². The third-order valence-corrected chi connectivity index (χ3v) is 8.78. The van der Waals surface area contributed by atoms with Gasteiger partial charge in [-0.3, -0.25) is 24.1 Å².